The summed E-state index contributed by atoms with van der Waals surface area (Å²) in [4.78, 5) is 22.4. The van der Waals surface area contributed by atoms with Gasteiger partial charge in [0.15, 0.2) is 5.58 Å². The second-order valence-electron chi connectivity index (χ2n) is 3.84. The third kappa shape index (κ3) is 2.37. The van der Waals surface area contributed by atoms with Gasteiger partial charge in [-0.05, 0) is 12.1 Å². The second kappa shape index (κ2) is 4.95. The molecule has 2 rings (SSSR count). The Kier molecular flexibility index (Phi) is 3.36. The smallest absolute Gasteiger partial charge is 0.420 e. The van der Waals surface area contributed by atoms with Crippen LogP contribution in [-0.2, 0) is 11.3 Å². The first-order chi connectivity index (χ1) is 8.61. The van der Waals surface area contributed by atoms with E-state index in [4.69, 9.17) is 9.15 Å². The number of carbonyl (C=O) groups is 1. The molecule has 0 aliphatic rings. The fraction of sp³-hybridized carbons (Fsp3) is 0.333. The van der Waals surface area contributed by atoms with Gasteiger partial charge < -0.3 is 14.5 Å². The molecule has 1 aromatic carbocycles. The third-order valence-electron chi connectivity index (χ3n) is 2.58. The molecule has 0 unspecified atom stereocenters. The minimum absolute atomic E-state index is 0.127. The van der Waals surface area contributed by atoms with Crippen LogP contribution >= 0.6 is 0 Å². The minimum atomic E-state index is -0.441. The lowest BCUT2D eigenvalue weighted by atomic mass is 10.3. The van der Waals surface area contributed by atoms with Crippen LogP contribution in [-0.4, -0.2) is 24.1 Å². The molecule has 0 saturated carbocycles. The van der Waals surface area contributed by atoms with Gasteiger partial charge >= 0.3 is 5.76 Å². The molecule has 2 aromatic rings. The van der Waals surface area contributed by atoms with Crippen molar-refractivity contribution in [2.24, 2.45) is 0 Å². The van der Waals surface area contributed by atoms with Gasteiger partial charge in [-0.3, -0.25) is 9.36 Å². The van der Waals surface area contributed by atoms with Crippen molar-refractivity contribution in [3.05, 3.63) is 28.7 Å². The van der Waals surface area contributed by atoms with Gasteiger partial charge in [0, 0.05) is 26.1 Å². The molecule has 0 atom stereocenters. The molecule has 0 aliphatic carbocycles. The molecule has 0 bridgehead atoms. The van der Waals surface area contributed by atoms with E-state index >= 15 is 0 Å². The van der Waals surface area contributed by atoms with Crippen molar-refractivity contribution in [1.29, 1.82) is 0 Å². The summed E-state index contributed by atoms with van der Waals surface area (Å²) >= 11 is 0. The molecule has 1 heterocycles. The first-order valence-corrected chi connectivity index (χ1v) is 5.53. The number of hydrogen-bond acceptors (Lipinski definition) is 4. The van der Waals surface area contributed by atoms with E-state index in [0.29, 0.717) is 29.9 Å². The normalized spacial score (nSPS) is 10.6. The first-order valence-electron chi connectivity index (χ1n) is 5.53. The highest BCUT2D eigenvalue weighted by molar-refractivity contribution is 5.75. The molecule has 0 spiro atoms. The van der Waals surface area contributed by atoms with Gasteiger partial charge in [0.25, 0.3) is 0 Å². The molecule has 0 saturated heterocycles. The number of aromatic nitrogens is 1. The fourth-order valence-corrected chi connectivity index (χ4v) is 1.73. The average Bonchev–Trinajstić information content (AvgIpc) is 2.64. The van der Waals surface area contributed by atoms with E-state index in [1.54, 1.807) is 25.3 Å². The number of fused-ring (bicyclic) bond motifs is 1. The predicted molar refractivity (Wildman–Crippen MR) is 65.7 cm³/mol. The van der Waals surface area contributed by atoms with Crippen LogP contribution in [0.25, 0.3) is 11.1 Å². The second-order valence-corrected chi connectivity index (χ2v) is 3.84. The summed E-state index contributed by atoms with van der Waals surface area (Å²) in [6.45, 7) is 2.19. The number of ether oxygens (including phenoxy) is 1. The van der Waals surface area contributed by atoms with E-state index < -0.39 is 5.76 Å². The zero-order valence-corrected chi connectivity index (χ0v) is 10.2. The Morgan fingerprint density at radius 1 is 1.50 bits per heavy atom. The van der Waals surface area contributed by atoms with Crippen LogP contribution in [0.1, 0.15) is 6.92 Å². The summed E-state index contributed by atoms with van der Waals surface area (Å²) in [5.74, 6) is 0.0615. The summed E-state index contributed by atoms with van der Waals surface area (Å²) in [6.07, 6.45) is 0. The van der Waals surface area contributed by atoms with Crippen LogP contribution in [0.3, 0.4) is 0 Å². The van der Waals surface area contributed by atoms with Crippen LogP contribution in [0.5, 0.6) is 5.75 Å². The monoisotopic (exact) mass is 250 g/mol. The van der Waals surface area contributed by atoms with Gasteiger partial charge in [0.2, 0.25) is 5.91 Å². The molecular formula is C12H14N2O4. The van der Waals surface area contributed by atoms with E-state index in [1.807, 2.05) is 0 Å². The number of amides is 1. The summed E-state index contributed by atoms with van der Waals surface area (Å²) in [6, 6.07) is 5.17. The maximum atomic E-state index is 11.7. The number of methoxy groups -OCH3 is 1. The highest BCUT2D eigenvalue weighted by Crippen LogP contribution is 2.19. The number of nitrogens with zero attached hydrogens (tertiary/aromatic N) is 1. The zero-order chi connectivity index (χ0) is 13.1. The van der Waals surface area contributed by atoms with Crippen LogP contribution in [0.15, 0.2) is 27.4 Å². The number of oxazole rings is 1. The molecule has 1 aromatic heterocycles. The number of carbonyl (C=O) groups excluding carboxylic acids is 1. The van der Waals surface area contributed by atoms with E-state index in [1.165, 1.54) is 11.5 Å². The third-order valence-corrected chi connectivity index (χ3v) is 2.58. The van der Waals surface area contributed by atoms with Gasteiger partial charge in [-0.25, -0.2) is 4.79 Å². The molecule has 6 heteroatoms. The number of benzene rings is 1. The average molecular weight is 250 g/mol. The highest BCUT2D eigenvalue weighted by Gasteiger charge is 2.09. The van der Waals surface area contributed by atoms with Gasteiger partial charge in [-0.15, -0.1) is 0 Å². The largest absolute Gasteiger partial charge is 0.497 e. The lowest BCUT2D eigenvalue weighted by Crippen LogP contribution is -2.27. The quantitative estimate of drug-likeness (QED) is 0.868. The van der Waals surface area contributed by atoms with Crippen LogP contribution in [0.4, 0.5) is 0 Å². The molecule has 0 fully saturated rings. The Morgan fingerprint density at radius 3 is 2.94 bits per heavy atom. The maximum absolute atomic E-state index is 11.7. The molecule has 0 aliphatic heterocycles. The van der Waals surface area contributed by atoms with Crippen molar-refractivity contribution in [1.82, 2.24) is 9.88 Å². The Morgan fingerprint density at radius 2 is 2.28 bits per heavy atom. The summed E-state index contributed by atoms with van der Waals surface area (Å²) in [7, 11) is 1.55. The van der Waals surface area contributed by atoms with Crippen molar-refractivity contribution in [2.45, 2.75) is 13.5 Å². The molecule has 1 N–H and O–H groups in total. The number of rotatable bonds is 4. The Bertz CT molecular complexity index is 627. The Labute approximate surface area is 103 Å². The lowest BCUT2D eigenvalue weighted by molar-refractivity contribution is -0.118. The van der Waals surface area contributed by atoms with Crippen molar-refractivity contribution in [3.63, 3.8) is 0 Å². The predicted octanol–water partition coefficient (Wildman–Crippen LogP) is 0.739. The van der Waals surface area contributed by atoms with Crippen molar-refractivity contribution < 1.29 is 13.9 Å². The van der Waals surface area contributed by atoms with E-state index in [2.05, 4.69) is 5.32 Å². The summed E-state index contributed by atoms with van der Waals surface area (Å²) in [5, 5.41) is 2.63. The van der Waals surface area contributed by atoms with Gasteiger partial charge in [-0.2, -0.15) is 0 Å². The van der Waals surface area contributed by atoms with Crippen molar-refractivity contribution in [2.75, 3.05) is 13.7 Å². The van der Waals surface area contributed by atoms with Crippen LogP contribution in [0, 0.1) is 0 Å². The topological polar surface area (TPSA) is 73.5 Å². The molecule has 18 heavy (non-hydrogen) atoms. The molecular weight excluding hydrogens is 236 g/mol. The molecule has 96 valence electrons. The molecule has 0 radical (unpaired) electrons. The van der Waals surface area contributed by atoms with E-state index in [-0.39, 0.29) is 5.91 Å². The zero-order valence-electron chi connectivity index (χ0n) is 10.2. The Balaban J connectivity index is 2.30. The Hall–Kier alpha value is -2.24. The van der Waals surface area contributed by atoms with Crippen LogP contribution < -0.4 is 15.8 Å². The highest BCUT2D eigenvalue weighted by atomic mass is 16.5. The standard InChI is InChI=1S/C12H14N2O4/c1-8(15)13-5-6-14-10-4-3-9(17-2)7-11(10)18-12(14)16/h3-4,7H,5-6H2,1-2H3,(H,13,15). The summed E-state index contributed by atoms with van der Waals surface area (Å²) < 4.78 is 11.6. The maximum Gasteiger partial charge on any atom is 0.420 e. The first kappa shape index (κ1) is 12.2. The van der Waals surface area contributed by atoms with Crippen LogP contribution in [0.2, 0.25) is 0 Å². The molecule has 6 nitrogen and oxygen atoms in total. The number of nitrogens with one attached hydrogen (secondary N) is 1. The van der Waals surface area contributed by atoms with E-state index in [9.17, 15) is 9.59 Å². The summed E-state index contributed by atoms with van der Waals surface area (Å²) in [5.41, 5.74) is 1.16. The van der Waals surface area contributed by atoms with Gasteiger partial charge in [0.05, 0.1) is 12.6 Å². The lowest BCUT2D eigenvalue weighted by Gasteiger charge is -2.03. The van der Waals surface area contributed by atoms with Crippen molar-refractivity contribution >= 4 is 17.0 Å². The van der Waals surface area contributed by atoms with Gasteiger partial charge in [0.1, 0.15) is 5.75 Å². The minimum Gasteiger partial charge on any atom is -0.497 e. The number of hydrogen-bond donors (Lipinski definition) is 1. The van der Waals surface area contributed by atoms with Crippen molar-refractivity contribution in [3.8, 4) is 5.75 Å². The van der Waals surface area contributed by atoms with Gasteiger partial charge in [-0.1, -0.05) is 0 Å². The fourth-order valence-electron chi connectivity index (χ4n) is 1.73. The van der Waals surface area contributed by atoms with E-state index in [0.717, 1.165) is 0 Å². The SMILES string of the molecule is COc1ccc2c(c1)oc(=O)n2CCNC(C)=O. The molecule has 1 amide bonds.